The minimum atomic E-state index is -5.77. The van der Waals surface area contributed by atoms with Gasteiger partial charge in [0.05, 0.1) is 6.61 Å². The maximum absolute atomic E-state index is 13.0. The van der Waals surface area contributed by atoms with E-state index in [0.717, 1.165) is 6.34 Å². The Hall–Kier alpha value is -2.25. The third kappa shape index (κ3) is 7.40. The number of aliphatic imine (C=N–C) groups is 3. The molecule has 0 aliphatic carbocycles. The van der Waals surface area contributed by atoms with E-state index < -0.39 is 72.7 Å². The molecule has 3 aliphatic heterocycles. The molecule has 0 radical (unpaired) electrons. The summed E-state index contributed by atoms with van der Waals surface area (Å²) in [7, 11) is -16.9. The van der Waals surface area contributed by atoms with E-state index in [-0.39, 0.29) is 18.2 Å². The first kappa shape index (κ1) is 31.7. The number of hydrogen-bond donors (Lipinski definition) is 7. The summed E-state index contributed by atoms with van der Waals surface area (Å²) < 4.78 is 56.9. The van der Waals surface area contributed by atoms with Gasteiger partial charge in [0.2, 0.25) is 11.4 Å². The number of Topliss-reactive ketones (excluding diaryl/α,β-unsaturated/α-hetero) is 1. The second kappa shape index (κ2) is 11.8. The zero-order valence-electron chi connectivity index (χ0n) is 20.5. The molecule has 1 aromatic carbocycles. The molecular formula is C18H24N5O15P3. The fourth-order valence-corrected chi connectivity index (χ4v) is 6.89. The monoisotopic (exact) mass is 643 g/mol. The normalized spacial score (nSPS) is 30.7. The molecule has 226 valence electrons. The van der Waals surface area contributed by atoms with Crippen molar-refractivity contribution in [3.05, 3.63) is 30.3 Å². The van der Waals surface area contributed by atoms with Crippen LogP contribution in [-0.4, -0.2) is 108 Å². The van der Waals surface area contributed by atoms with Crippen molar-refractivity contribution in [3.63, 3.8) is 0 Å². The number of rotatable bonds is 12. The van der Waals surface area contributed by atoms with E-state index in [1.165, 1.54) is 4.90 Å². The number of ketones is 1. The summed E-state index contributed by atoms with van der Waals surface area (Å²) >= 11 is 0. The smallest absolute Gasteiger partial charge is 0.486 e. The number of aliphatic hydroxyl groups is 2. The molecule has 0 amide bonds. The van der Waals surface area contributed by atoms with Crippen LogP contribution < -0.4 is 10.5 Å². The van der Waals surface area contributed by atoms with Crippen molar-refractivity contribution in [1.29, 1.82) is 0 Å². The molecule has 1 fully saturated rings. The molecule has 3 unspecified atom stereocenters. The summed E-state index contributed by atoms with van der Waals surface area (Å²) in [4.78, 5) is 62.5. The molecule has 23 heteroatoms. The van der Waals surface area contributed by atoms with Crippen LogP contribution in [0.4, 0.5) is 0 Å². The largest absolute Gasteiger partial charge is 0.490 e. The summed E-state index contributed by atoms with van der Waals surface area (Å²) in [6, 6.07) is 8.44. The summed E-state index contributed by atoms with van der Waals surface area (Å²) in [5.41, 5.74) is 4.19. The van der Waals surface area contributed by atoms with Gasteiger partial charge in [-0.15, -0.1) is 0 Å². The lowest BCUT2D eigenvalue weighted by molar-refractivity contribution is -0.123. The van der Waals surface area contributed by atoms with E-state index >= 15 is 0 Å². The predicted molar refractivity (Wildman–Crippen MR) is 134 cm³/mol. The molecular weight excluding hydrogens is 619 g/mol. The second-order valence-electron chi connectivity index (χ2n) is 8.54. The lowest BCUT2D eigenvalue weighted by atomic mass is 9.98. The lowest BCUT2D eigenvalue weighted by Crippen LogP contribution is -2.60. The first-order chi connectivity index (χ1) is 19.0. The number of nitrogens with two attached hydrogens (primary N) is 1. The number of fused-ring (bicyclic) bond motifs is 1. The number of hydrogen-bond acceptors (Lipinski definition) is 16. The third-order valence-corrected chi connectivity index (χ3v) is 9.47. The molecule has 1 aromatic rings. The Morgan fingerprint density at radius 1 is 1.07 bits per heavy atom. The van der Waals surface area contributed by atoms with Crippen molar-refractivity contribution in [2.24, 2.45) is 20.7 Å². The number of benzene rings is 1. The number of aliphatic hydroxyl groups excluding tert-OH is 2. The highest BCUT2D eigenvalue weighted by Crippen LogP contribution is 2.66. The number of phosphoric ester groups is 1. The van der Waals surface area contributed by atoms with E-state index in [0.29, 0.717) is 5.75 Å². The van der Waals surface area contributed by atoms with Crippen LogP contribution in [0.1, 0.15) is 0 Å². The van der Waals surface area contributed by atoms with Crippen molar-refractivity contribution in [2.75, 3.05) is 19.9 Å². The van der Waals surface area contributed by atoms with Crippen LogP contribution in [0, 0.1) is 0 Å². The number of amidine groups is 1. The molecule has 0 saturated carbocycles. The fraction of sp³-hybridized carbons (Fsp3) is 0.444. The topological polar surface area (TPSA) is 302 Å². The van der Waals surface area contributed by atoms with E-state index in [9.17, 15) is 38.5 Å². The van der Waals surface area contributed by atoms with Gasteiger partial charge >= 0.3 is 23.5 Å². The Labute approximate surface area is 230 Å². The summed E-state index contributed by atoms with van der Waals surface area (Å²) in [6.45, 7) is -1.75. The van der Waals surface area contributed by atoms with Crippen LogP contribution in [0.2, 0.25) is 0 Å². The average molecular weight is 643 g/mol. The zero-order chi connectivity index (χ0) is 30.2. The van der Waals surface area contributed by atoms with E-state index in [1.54, 1.807) is 30.3 Å². The molecule has 0 aromatic heterocycles. The highest BCUT2D eigenvalue weighted by molar-refractivity contribution is 7.66. The molecule has 3 heterocycles. The zero-order valence-corrected chi connectivity index (χ0v) is 23.1. The minimum absolute atomic E-state index is 0.0275. The molecule has 1 saturated heterocycles. The van der Waals surface area contributed by atoms with Crippen molar-refractivity contribution in [2.45, 2.75) is 30.2 Å². The van der Waals surface area contributed by atoms with Crippen LogP contribution in [0.25, 0.3) is 0 Å². The van der Waals surface area contributed by atoms with E-state index in [1.807, 2.05) is 0 Å². The van der Waals surface area contributed by atoms with Crippen LogP contribution >= 0.6 is 23.5 Å². The van der Waals surface area contributed by atoms with E-state index in [4.69, 9.17) is 25.0 Å². The van der Waals surface area contributed by atoms with Gasteiger partial charge in [0.15, 0.2) is 18.7 Å². The Bertz CT molecular complexity index is 1400. The van der Waals surface area contributed by atoms with E-state index in [2.05, 4.69) is 28.1 Å². The van der Waals surface area contributed by atoms with Crippen molar-refractivity contribution in [1.82, 2.24) is 4.90 Å². The number of carbonyl (C=O) groups excluding carboxylic acids is 1. The molecule has 3 aliphatic rings. The number of carbonyl (C=O) groups is 1. The Kier molecular flexibility index (Phi) is 9.11. The molecule has 0 bridgehead atoms. The van der Waals surface area contributed by atoms with Gasteiger partial charge in [-0.2, -0.15) is 8.62 Å². The number of phosphoric acid groups is 3. The maximum atomic E-state index is 13.0. The molecule has 41 heavy (non-hydrogen) atoms. The molecule has 7 atom stereocenters. The van der Waals surface area contributed by atoms with Gasteiger partial charge in [-0.1, -0.05) is 18.2 Å². The van der Waals surface area contributed by atoms with Gasteiger partial charge in [-0.25, -0.2) is 23.7 Å². The average Bonchev–Trinajstić information content (AvgIpc) is 3.41. The molecule has 20 nitrogen and oxygen atoms in total. The van der Waals surface area contributed by atoms with Gasteiger partial charge < -0.3 is 44.2 Å². The van der Waals surface area contributed by atoms with Crippen LogP contribution in [0.3, 0.4) is 0 Å². The fourth-order valence-electron chi connectivity index (χ4n) is 3.86. The Balaban J connectivity index is 1.39. The van der Waals surface area contributed by atoms with Gasteiger partial charge in [0.25, 0.3) is 0 Å². The predicted octanol–water partition coefficient (Wildman–Crippen LogP) is -1.77. The number of para-hydroxylation sites is 1. The lowest BCUT2D eigenvalue weighted by Gasteiger charge is -2.31. The van der Waals surface area contributed by atoms with Crippen molar-refractivity contribution in [3.8, 4) is 5.75 Å². The Morgan fingerprint density at radius 3 is 2.41 bits per heavy atom. The van der Waals surface area contributed by atoms with Gasteiger partial charge in [0.1, 0.15) is 42.8 Å². The van der Waals surface area contributed by atoms with Crippen molar-refractivity contribution >= 4 is 47.1 Å². The molecule has 4 rings (SSSR count). The first-order valence-electron chi connectivity index (χ1n) is 11.2. The van der Waals surface area contributed by atoms with Gasteiger partial charge in [-0.05, 0) is 12.1 Å². The minimum Gasteiger partial charge on any atom is -0.486 e. The SMILES string of the molecule is NC1(C(=O)COc2ccccc2)N=CN=C2C1=NCN2[C@@H]1O[C@H](COP(=O)(O)OP(=O)(O)OP(=O)(O)O)[C@@H](O)[C@H]1O. The Morgan fingerprint density at radius 2 is 1.76 bits per heavy atom. The van der Waals surface area contributed by atoms with Crippen LogP contribution in [0.15, 0.2) is 45.3 Å². The highest BCUT2D eigenvalue weighted by atomic mass is 31.3. The van der Waals surface area contributed by atoms with Gasteiger partial charge in [-0.3, -0.25) is 20.0 Å². The summed E-state index contributed by atoms with van der Waals surface area (Å²) in [6.07, 6.45) is -5.43. The standard InChI is InChI=1S/C18H24N5O15P3/c19-18(12(24)7-34-10-4-2-1-3-5-10)15-16(20-8-22-18)23(9-21-15)17-14(26)13(25)11(36-17)6-35-40(30,31)38-41(32,33)37-39(27,28)29/h1-5,8,11,13-14,17,25-26H,6-7,9,19H2,(H,30,31)(H,32,33)(H2,27,28,29)/t11-,13-,14-,17-,18?/m1/s1. The van der Waals surface area contributed by atoms with Gasteiger partial charge in [0, 0.05) is 0 Å². The maximum Gasteiger partial charge on any atom is 0.490 e. The summed E-state index contributed by atoms with van der Waals surface area (Å²) in [5.74, 6) is -0.292. The van der Waals surface area contributed by atoms with Crippen LogP contribution in [0.5, 0.6) is 5.75 Å². The first-order valence-corrected chi connectivity index (χ1v) is 15.8. The number of ether oxygens (including phenoxy) is 2. The second-order valence-corrected chi connectivity index (χ2v) is 13.0. The third-order valence-electron chi connectivity index (χ3n) is 5.67. The highest BCUT2D eigenvalue weighted by Gasteiger charge is 2.53. The van der Waals surface area contributed by atoms with Crippen LogP contribution in [-0.2, 0) is 36.4 Å². The summed E-state index contributed by atoms with van der Waals surface area (Å²) in [5, 5.41) is 21.0. The number of nitrogens with zero attached hydrogens (tertiary/aromatic N) is 4. The quantitative estimate of drug-likeness (QED) is 0.124. The van der Waals surface area contributed by atoms with Crippen molar-refractivity contribution < 1.29 is 70.9 Å². The molecule has 0 spiro atoms. The molecule has 8 N–H and O–H groups in total.